The summed E-state index contributed by atoms with van der Waals surface area (Å²) in [4.78, 5) is 22.8. The number of rotatable bonds is 4. The third-order valence-electron chi connectivity index (χ3n) is 3.66. The number of hydrogen-bond donors (Lipinski definition) is 3. The standard InChI is InChI=1S/C13H16BrN3O5S/c1-7-9-5-8(14)3-4-11(9)23(21,22)17(7)6-10(12(18)15-2)16-13(19)20/h3-5,7,10,16H,6H2,1-2H3,(H,15,18)(H,19,20). The van der Waals surface area contributed by atoms with Gasteiger partial charge in [0.05, 0.1) is 4.90 Å². The van der Waals surface area contributed by atoms with Gasteiger partial charge in [0.1, 0.15) is 6.04 Å². The summed E-state index contributed by atoms with van der Waals surface area (Å²) in [7, 11) is -2.43. The van der Waals surface area contributed by atoms with E-state index in [1.165, 1.54) is 13.1 Å². The van der Waals surface area contributed by atoms with Crippen molar-refractivity contribution in [3.8, 4) is 0 Å². The van der Waals surface area contributed by atoms with Gasteiger partial charge in [0, 0.05) is 24.1 Å². The van der Waals surface area contributed by atoms with Crippen LogP contribution in [0, 0.1) is 0 Å². The number of fused-ring (bicyclic) bond motifs is 1. The van der Waals surface area contributed by atoms with E-state index in [2.05, 4.69) is 21.2 Å². The molecule has 0 aliphatic carbocycles. The Hall–Kier alpha value is -1.65. The van der Waals surface area contributed by atoms with Crippen molar-refractivity contribution in [2.75, 3.05) is 13.6 Å². The molecular weight excluding hydrogens is 390 g/mol. The van der Waals surface area contributed by atoms with Gasteiger partial charge < -0.3 is 15.7 Å². The predicted molar refractivity (Wildman–Crippen MR) is 85.5 cm³/mol. The second kappa shape index (κ2) is 6.46. The van der Waals surface area contributed by atoms with Gasteiger partial charge in [-0.15, -0.1) is 0 Å². The number of benzene rings is 1. The van der Waals surface area contributed by atoms with E-state index in [0.29, 0.717) is 5.56 Å². The molecule has 0 spiro atoms. The van der Waals surface area contributed by atoms with Gasteiger partial charge in [0.25, 0.3) is 0 Å². The molecule has 126 valence electrons. The van der Waals surface area contributed by atoms with E-state index in [1.807, 2.05) is 5.32 Å². The molecular formula is C13H16BrN3O5S. The fraction of sp³-hybridized carbons (Fsp3) is 0.385. The van der Waals surface area contributed by atoms with Crippen molar-refractivity contribution in [3.05, 3.63) is 28.2 Å². The summed E-state index contributed by atoms with van der Waals surface area (Å²) in [5.41, 5.74) is 0.602. The molecule has 0 fully saturated rings. The lowest BCUT2D eigenvalue weighted by Crippen LogP contribution is -2.52. The maximum Gasteiger partial charge on any atom is 0.405 e. The van der Waals surface area contributed by atoms with E-state index in [1.54, 1.807) is 19.1 Å². The van der Waals surface area contributed by atoms with Crippen LogP contribution in [-0.4, -0.2) is 49.5 Å². The second-order valence-electron chi connectivity index (χ2n) is 5.05. The van der Waals surface area contributed by atoms with Gasteiger partial charge in [0.15, 0.2) is 0 Å². The number of nitrogens with zero attached hydrogens (tertiary/aromatic N) is 1. The average Bonchev–Trinajstić information content (AvgIpc) is 2.65. The zero-order chi connectivity index (χ0) is 17.4. The summed E-state index contributed by atoms with van der Waals surface area (Å²) >= 11 is 3.30. The Labute approximate surface area is 142 Å². The maximum atomic E-state index is 12.6. The number of nitrogens with one attached hydrogen (secondary N) is 2. The first kappa shape index (κ1) is 17.7. The van der Waals surface area contributed by atoms with Crippen LogP contribution in [0.5, 0.6) is 0 Å². The first-order valence-corrected chi connectivity index (χ1v) is 8.94. The fourth-order valence-electron chi connectivity index (χ4n) is 2.52. The zero-order valence-electron chi connectivity index (χ0n) is 12.4. The van der Waals surface area contributed by atoms with E-state index in [4.69, 9.17) is 5.11 Å². The number of likely N-dealkylation sites (N-methyl/N-ethyl adjacent to an activating group) is 1. The van der Waals surface area contributed by atoms with Gasteiger partial charge in [-0.3, -0.25) is 4.79 Å². The molecule has 8 nitrogen and oxygen atoms in total. The van der Waals surface area contributed by atoms with E-state index in [-0.39, 0.29) is 11.4 Å². The van der Waals surface area contributed by atoms with Crippen molar-refractivity contribution >= 4 is 38.0 Å². The van der Waals surface area contributed by atoms with Crippen molar-refractivity contribution in [2.24, 2.45) is 0 Å². The maximum absolute atomic E-state index is 12.6. The lowest BCUT2D eigenvalue weighted by atomic mass is 10.1. The Morgan fingerprint density at radius 2 is 2.09 bits per heavy atom. The van der Waals surface area contributed by atoms with Crippen molar-refractivity contribution in [2.45, 2.75) is 23.9 Å². The average molecular weight is 406 g/mol. The first-order chi connectivity index (χ1) is 10.7. The zero-order valence-corrected chi connectivity index (χ0v) is 14.8. The smallest absolute Gasteiger partial charge is 0.405 e. The minimum atomic E-state index is -3.79. The summed E-state index contributed by atoms with van der Waals surface area (Å²) in [6, 6.07) is 3.11. The molecule has 23 heavy (non-hydrogen) atoms. The quantitative estimate of drug-likeness (QED) is 0.687. The topological polar surface area (TPSA) is 116 Å². The Kier molecular flexibility index (Phi) is 4.97. The lowest BCUT2D eigenvalue weighted by molar-refractivity contribution is -0.122. The van der Waals surface area contributed by atoms with Gasteiger partial charge in [-0.2, -0.15) is 4.31 Å². The number of halogens is 1. The molecule has 1 aromatic rings. The van der Waals surface area contributed by atoms with Gasteiger partial charge in [-0.25, -0.2) is 13.2 Å². The summed E-state index contributed by atoms with van der Waals surface area (Å²) in [6.45, 7) is 1.40. The molecule has 1 aromatic carbocycles. The molecule has 2 unspecified atom stereocenters. The highest BCUT2D eigenvalue weighted by Crippen LogP contribution is 2.40. The summed E-state index contributed by atoms with van der Waals surface area (Å²) < 4.78 is 27.2. The SMILES string of the molecule is CNC(=O)C(CN1C(C)c2cc(Br)ccc2S1(=O)=O)NC(=O)O. The van der Waals surface area contributed by atoms with E-state index in [9.17, 15) is 18.0 Å². The highest BCUT2D eigenvalue weighted by atomic mass is 79.9. The number of carboxylic acid groups (broad SMARTS) is 1. The fourth-order valence-corrected chi connectivity index (χ4v) is 4.80. The molecule has 0 saturated carbocycles. The molecule has 3 N–H and O–H groups in total. The van der Waals surface area contributed by atoms with Gasteiger partial charge in [-0.1, -0.05) is 15.9 Å². The minimum Gasteiger partial charge on any atom is -0.465 e. The molecule has 0 bridgehead atoms. The number of carbonyl (C=O) groups is 2. The van der Waals surface area contributed by atoms with Crippen LogP contribution in [0.4, 0.5) is 4.79 Å². The van der Waals surface area contributed by atoms with Crippen LogP contribution in [0.3, 0.4) is 0 Å². The van der Waals surface area contributed by atoms with Crippen LogP contribution in [0.1, 0.15) is 18.5 Å². The normalized spacial score (nSPS) is 20.6. The van der Waals surface area contributed by atoms with E-state index >= 15 is 0 Å². The van der Waals surface area contributed by atoms with E-state index in [0.717, 1.165) is 8.78 Å². The van der Waals surface area contributed by atoms with Crippen molar-refractivity contribution in [3.63, 3.8) is 0 Å². The van der Waals surface area contributed by atoms with Crippen molar-refractivity contribution < 1.29 is 23.1 Å². The van der Waals surface area contributed by atoms with Gasteiger partial charge in [-0.05, 0) is 30.7 Å². The van der Waals surface area contributed by atoms with Crippen LogP contribution in [0.25, 0.3) is 0 Å². The Bertz CT molecular complexity index is 752. The number of carbonyl (C=O) groups excluding carboxylic acids is 1. The number of sulfonamides is 1. The van der Waals surface area contributed by atoms with Gasteiger partial charge >= 0.3 is 6.09 Å². The molecule has 2 rings (SSSR count). The number of hydrogen-bond acceptors (Lipinski definition) is 4. The molecule has 1 heterocycles. The lowest BCUT2D eigenvalue weighted by Gasteiger charge is -2.25. The van der Waals surface area contributed by atoms with Crippen LogP contribution < -0.4 is 10.6 Å². The van der Waals surface area contributed by atoms with Crippen LogP contribution >= 0.6 is 15.9 Å². The first-order valence-electron chi connectivity index (χ1n) is 6.70. The van der Waals surface area contributed by atoms with E-state index < -0.39 is 34.1 Å². The minimum absolute atomic E-state index is 0.166. The predicted octanol–water partition coefficient (Wildman–Crippen LogP) is 0.897. The Morgan fingerprint density at radius 3 is 2.65 bits per heavy atom. The molecule has 1 aliphatic rings. The molecule has 0 saturated heterocycles. The molecule has 0 radical (unpaired) electrons. The Morgan fingerprint density at radius 1 is 1.43 bits per heavy atom. The summed E-state index contributed by atoms with van der Waals surface area (Å²) in [5, 5.41) is 13.2. The van der Waals surface area contributed by atoms with Crippen molar-refractivity contribution in [1.82, 2.24) is 14.9 Å². The monoisotopic (exact) mass is 405 g/mol. The van der Waals surface area contributed by atoms with Crippen LogP contribution in [-0.2, 0) is 14.8 Å². The third-order valence-corrected chi connectivity index (χ3v) is 6.17. The summed E-state index contributed by atoms with van der Waals surface area (Å²) in [5.74, 6) is -0.605. The molecule has 1 aliphatic heterocycles. The highest BCUT2D eigenvalue weighted by Gasteiger charge is 2.42. The van der Waals surface area contributed by atoms with Gasteiger partial charge in [0.2, 0.25) is 15.9 Å². The van der Waals surface area contributed by atoms with Crippen LogP contribution in [0.15, 0.2) is 27.6 Å². The molecule has 2 amide bonds. The second-order valence-corrected chi connectivity index (χ2v) is 7.82. The van der Waals surface area contributed by atoms with Crippen LogP contribution in [0.2, 0.25) is 0 Å². The largest absolute Gasteiger partial charge is 0.465 e. The van der Waals surface area contributed by atoms with Crippen molar-refractivity contribution in [1.29, 1.82) is 0 Å². The summed E-state index contributed by atoms with van der Waals surface area (Å²) in [6.07, 6.45) is -1.40. The number of amides is 2. The molecule has 10 heteroatoms. The molecule has 2 atom stereocenters. The Balaban J connectivity index is 2.36. The molecule has 0 aromatic heterocycles. The third kappa shape index (κ3) is 3.33. The highest BCUT2D eigenvalue weighted by molar-refractivity contribution is 9.10.